The van der Waals surface area contributed by atoms with E-state index in [4.69, 9.17) is 23.2 Å². The van der Waals surface area contributed by atoms with E-state index in [-0.39, 0.29) is 24.4 Å². The molecule has 1 aromatic carbocycles. The minimum atomic E-state index is -0.0619. The lowest BCUT2D eigenvalue weighted by atomic mass is 10.1. The number of hydrogen-bond acceptors (Lipinski definition) is 2. The minimum absolute atomic E-state index is 0. The third kappa shape index (κ3) is 3.05. The van der Waals surface area contributed by atoms with Crippen LogP contribution in [0.4, 0.5) is 0 Å². The summed E-state index contributed by atoms with van der Waals surface area (Å²) in [6, 6.07) is 5.19. The van der Waals surface area contributed by atoms with Gasteiger partial charge in [-0.3, -0.25) is 4.79 Å². The van der Waals surface area contributed by atoms with Crippen molar-refractivity contribution in [1.82, 2.24) is 10.2 Å². The molecule has 1 amide bonds. The smallest absolute Gasteiger partial charge is 0.255 e. The van der Waals surface area contributed by atoms with Crippen LogP contribution in [0.15, 0.2) is 18.2 Å². The van der Waals surface area contributed by atoms with Crippen LogP contribution in [0.2, 0.25) is 10.0 Å². The van der Waals surface area contributed by atoms with Gasteiger partial charge in [0.05, 0.1) is 16.6 Å². The highest BCUT2D eigenvalue weighted by molar-refractivity contribution is 6.36. The molecule has 0 saturated carbocycles. The molecule has 1 aromatic rings. The van der Waals surface area contributed by atoms with Crippen molar-refractivity contribution in [2.24, 2.45) is 0 Å². The summed E-state index contributed by atoms with van der Waals surface area (Å²) >= 11 is 11.8. The maximum Gasteiger partial charge on any atom is 0.255 e. The molecule has 0 atom stereocenters. The number of nitrogens with zero attached hydrogens (tertiary/aromatic N) is 1. The number of nitrogens with one attached hydrogen (secondary N) is 1. The van der Waals surface area contributed by atoms with Crippen LogP contribution in [-0.2, 0) is 0 Å². The van der Waals surface area contributed by atoms with E-state index in [1.54, 1.807) is 30.1 Å². The molecule has 1 N–H and O–H groups in total. The lowest BCUT2D eigenvalue weighted by molar-refractivity contribution is 0.0681. The van der Waals surface area contributed by atoms with Crippen molar-refractivity contribution < 1.29 is 4.79 Å². The van der Waals surface area contributed by atoms with Gasteiger partial charge in [-0.1, -0.05) is 23.2 Å². The monoisotopic (exact) mass is 294 g/mol. The molecule has 3 nitrogen and oxygen atoms in total. The third-order valence-corrected chi connectivity index (χ3v) is 3.34. The van der Waals surface area contributed by atoms with Gasteiger partial charge >= 0.3 is 0 Å². The molecule has 0 radical (unpaired) electrons. The van der Waals surface area contributed by atoms with Crippen LogP contribution in [0.3, 0.4) is 0 Å². The lowest BCUT2D eigenvalue weighted by Gasteiger charge is -2.35. The first-order valence-electron chi connectivity index (χ1n) is 5.02. The molecule has 0 aliphatic carbocycles. The summed E-state index contributed by atoms with van der Waals surface area (Å²) in [7, 11) is 1.79. The zero-order valence-corrected chi connectivity index (χ0v) is 11.6. The number of hydrogen-bond donors (Lipinski definition) is 1. The first-order chi connectivity index (χ1) is 7.59. The van der Waals surface area contributed by atoms with E-state index in [1.165, 1.54) is 0 Å². The van der Waals surface area contributed by atoms with Crippen LogP contribution in [-0.4, -0.2) is 37.0 Å². The van der Waals surface area contributed by atoms with Crippen molar-refractivity contribution in [2.75, 3.05) is 20.1 Å². The summed E-state index contributed by atoms with van der Waals surface area (Å²) in [6.45, 7) is 1.68. The van der Waals surface area contributed by atoms with Gasteiger partial charge in [0.25, 0.3) is 5.91 Å². The van der Waals surface area contributed by atoms with E-state index < -0.39 is 0 Å². The molecule has 1 heterocycles. The topological polar surface area (TPSA) is 32.3 Å². The molecule has 0 spiro atoms. The molecular weight excluding hydrogens is 282 g/mol. The molecule has 1 saturated heterocycles. The number of benzene rings is 1. The third-order valence-electron chi connectivity index (χ3n) is 2.79. The van der Waals surface area contributed by atoms with Gasteiger partial charge in [0, 0.05) is 25.2 Å². The maximum atomic E-state index is 12.1. The standard InChI is InChI=1S/C11H12Cl2N2O.ClH/c1-15(8-5-14-6-8)11(16)9-3-2-7(12)4-10(9)13;/h2-4,8,14H,5-6H2,1H3;1H. The summed E-state index contributed by atoms with van der Waals surface area (Å²) < 4.78 is 0. The second-order valence-electron chi connectivity index (χ2n) is 3.85. The Morgan fingerprint density at radius 1 is 1.41 bits per heavy atom. The van der Waals surface area contributed by atoms with Gasteiger partial charge in [-0.25, -0.2) is 0 Å². The zero-order chi connectivity index (χ0) is 11.7. The molecule has 17 heavy (non-hydrogen) atoms. The summed E-state index contributed by atoms with van der Waals surface area (Å²) in [5.74, 6) is -0.0619. The van der Waals surface area contributed by atoms with Gasteiger partial charge in [0.15, 0.2) is 0 Å². The molecule has 94 valence electrons. The minimum Gasteiger partial charge on any atom is -0.336 e. The van der Waals surface area contributed by atoms with Crippen molar-refractivity contribution in [3.8, 4) is 0 Å². The Labute approximate surface area is 116 Å². The first-order valence-corrected chi connectivity index (χ1v) is 5.78. The van der Waals surface area contributed by atoms with Gasteiger partial charge in [-0.15, -0.1) is 12.4 Å². The molecule has 6 heteroatoms. The average Bonchev–Trinajstić information content (AvgIpc) is 2.14. The molecule has 1 aliphatic rings. The molecule has 1 fully saturated rings. The van der Waals surface area contributed by atoms with E-state index in [0.717, 1.165) is 13.1 Å². The lowest BCUT2D eigenvalue weighted by Crippen LogP contribution is -2.57. The van der Waals surface area contributed by atoms with Crippen LogP contribution in [0, 0.1) is 0 Å². The van der Waals surface area contributed by atoms with Crippen LogP contribution in [0.25, 0.3) is 0 Å². The van der Waals surface area contributed by atoms with Crippen LogP contribution >= 0.6 is 35.6 Å². The Hall–Kier alpha value is -0.480. The van der Waals surface area contributed by atoms with E-state index in [2.05, 4.69) is 5.32 Å². The summed E-state index contributed by atoms with van der Waals surface area (Å²) in [6.07, 6.45) is 0. The molecule has 0 aromatic heterocycles. The molecule has 2 rings (SSSR count). The maximum absolute atomic E-state index is 12.1. The predicted octanol–water partition coefficient (Wildman–Crippen LogP) is 2.46. The van der Waals surface area contributed by atoms with E-state index in [9.17, 15) is 4.79 Å². The van der Waals surface area contributed by atoms with Crippen molar-refractivity contribution in [3.63, 3.8) is 0 Å². The van der Waals surface area contributed by atoms with Crippen LogP contribution in [0.5, 0.6) is 0 Å². The first kappa shape index (κ1) is 14.6. The van der Waals surface area contributed by atoms with E-state index >= 15 is 0 Å². The SMILES string of the molecule is CN(C(=O)c1ccc(Cl)cc1Cl)C1CNC1.Cl. The quantitative estimate of drug-likeness (QED) is 0.909. The number of carbonyl (C=O) groups excluding carboxylic acids is 1. The molecule has 0 unspecified atom stereocenters. The Bertz CT molecular complexity index is 421. The summed E-state index contributed by atoms with van der Waals surface area (Å²) in [5.41, 5.74) is 0.500. The fourth-order valence-corrected chi connectivity index (χ4v) is 2.06. The highest BCUT2D eigenvalue weighted by atomic mass is 35.5. The van der Waals surface area contributed by atoms with E-state index in [1.807, 2.05) is 0 Å². The molecular formula is C11H13Cl3N2O. The Morgan fingerprint density at radius 2 is 2.06 bits per heavy atom. The average molecular weight is 296 g/mol. The fraction of sp³-hybridized carbons (Fsp3) is 0.364. The number of amides is 1. The van der Waals surface area contributed by atoms with Crippen molar-refractivity contribution in [2.45, 2.75) is 6.04 Å². The Morgan fingerprint density at radius 3 is 2.53 bits per heavy atom. The molecule has 1 aliphatic heterocycles. The normalized spacial score (nSPS) is 14.8. The predicted molar refractivity (Wildman–Crippen MR) is 72.5 cm³/mol. The highest BCUT2D eigenvalue weighted by Crippen LogP contribution is 2.22. The van der Waals surface area contributed by atoms with Gasteiger partial charge in [0.1, 0.15) is 0 Å². The second-order valence-corrected chi connectivity index (χ2v) is 4.70. The van der Waals surface area contributed by atoms with Gasteiger partial charge < -0.3 is 10.2 Å². The zero-order valence-electron chi connectivity index (χ0n) is 9.24. The van der Waals surface area contributed by atoms with Crippen LogP contribution in [0.1, 0.15) is 10.4 Å². The van der Waals surface area contributed by atoms with Gasteiger partial charge in [-0.05, 0) is 18.2 Å². The van der Waals surface area contributed by atoms with Crippen molar-refractivity contribution in [3.05, 3.63) is 33.8 Å². The summed E-state index contributed by atoms with van der Waals surface area (Å²) in [4.78, 5) is 13.8. The van der Waals surface area contributed by atoms with Crippen LogP contribution < -0.4 is 5.32 Å². The summed E-state index contributed by atoms with van der Waals surface area (Å²) in [5, 5.41) is 4.06. The van der Waals surface area contributed by atoms with Crippen molar-refractivity contribution >= 4 is 41.5 Å². The second kappa shape index (κ2) is 5.91. The number of likely N-dealkylation sites (N-methyl/N-ethyl adjacent to an activating group) is 1. The Balaban J connectivity index is 0.00000144. The van der Waals surface area contributed by atoms with Gasteiger partial charge in [-0.2, -0.15) is 0 Å². The number of rotatable bonds is 2. The highest BCUT2D eigenvalue weighted by Gasteiger charge is 2.26. The van der Waals surface area contributed by atoms with E-state index in [0.29, 0.717) is 15.6 Å². The van der Waals surface area contributed by atoms with Crippen molar-refractivity contribution in [1.29, 1.82) is 0 Å². The largest absolute Gasteiger partial charge is 0.336 e. The van der Waals surface area contributed by atoms with Gasteiger partial charge in [0.2, 0.25) is 0 Å². The molecule has 0 bridgehead atoms. The fourth-order valence-electron chi connectivity index (χ4n) is 1.57. The Kier molecular flexibility index (Phi) is 5.07. The number of carbonyl (C=O) groups is 1. The number of halogens is 3.